The third-order valence-corrected chi connectivity index (χ3v) is 1.80. The maximum absolute atomic E-state index is 10.4. The fourth-order valence-corrected chi connectivity index (χ4v) is 1.11. The van der Waals surface area contributed by atoms with Gasteiger partial charge in [-0.2, -0.15) is 5.10 Å². The normalized spacial score (nSPS) is 10.5. The van der Waals surface area contributed by atoms with E-state index < -0.39 is 4.92 Å². The van der Waals surface area contributed by atoms with Gasteiger partial charge in [0.15, 0.2) is 5.65 Å². The van der Waals surface area contributed by atoms with Gasteiger partial charge >= 0.3 is 0 Å². The van der Waals surface area contributed by atoms with Gasteiger partial charge in [-0.25, -0.2) is 4.98 Å². The molecule has 13 heavy (non-hydrogen) atoms. The molecule has 0 radical (unpaired) electrons. The minimum absolute atomic E-state index is 0.0167. The van der Waals surface area contributed by atoms with Gasteiger partial charge in [-0.1, -0.05) is 0 Å². The zero-order valence-electron chi connectivity index (χ0n) is 6.81. The van der Waals surface area contributed by atoms with Gasteiger partial charge in [-0.3, -0.25) is 15.2 Å². The van der Waals surface area contributed by atoms with Crippen molar-refractivity contribution in [3.8, 4) is 0 Å². The van der Waals surface area contributed by atoms with Crippen LogP contribution in [0.15, 0.2) is 12.3 Å². The number of nitrogens with one attached hydrogen (secondary N) is 1. The second kappa shape index (κ2) is 2.51. The summed E-state index contributed by atoms with van der Waals surface area (Å²) in [5, 5.41) is 17.7. The molecule has 0 atom stereocenters. The lowest BCUT2D eigenvalue weighted by Gasteiger charge is -1.90. The largest absolute Gasteiger partial charge is 0.288 e. The molecule has 0 amide bonds. The Hall–Kier alpha value is -1.98. The van der Waals surface area contributed by atoms with Gasteiger partial charge in [0.1, 0.15) is 6.20 Å². The monoisotopic (exact) mass is 178 g/mol. The summed E-state index contributed by atoms with van der Waals surface area (Å²) in [5.41, 5.74) is 1.27. The summed E-state index contributed by atoms with van der Waals surface area (Å²) >= 11 is 0. The zero-order chi connectivity index (χ0) is 9.42. The molecule has 1 N–H and O–H groups in total. The van der Waals surface area contributed by atoms with Crippen LogP contribution in [0.5, 0.6) is 0 Å². The number of hydrogen-bond acceptors (Lipinski definition) is 4. The number of aryl methyl sites for hydroxylation is 1. The summed E-state index contributed by atoms with van der Waals surface area (Å²) in [5.74, 6) is 0. The predicted octanol–water partition coefficient (Wildman–Crippen LogP) is 1.17. The quantitative estimate of drug-likeness (QED) is 0.524. The Morgan fingerprint density at radius 1 is 1.62 bits per heavy atom. The number of hydrogen-bond donors (Lipinski definition) is 1. The minimum Gasteiger partial charge on any atom is -0.280 e. The van der Waals surface area contributed by atoms with E-state index in [0.29, 0.717) is 11.0 Å². The van der Waals surface area contributed by atoms with Crippen LogP contribution in [0.2, 0.25) is 0 Å². The van der Waals surface area contributed by atoms with Crippen molar-refractivity contribution in [3.63, 3.8) is 0 Å². The maximum atomic E-state index is 10.4. The first-order valence-electron chi connectivity index (χ1n) is 3.63. The van der Waals surface area contributed by atoms with Crippen molar-refractivity contribution in [1.82, 2.24) is 15.2 Å². The molecule has 0 saturated carbocycles. The molecule has 2 heterocycles. The van der Waals surface area contributed by atoms with E-state index >= 15 is 0 Å². The number of pyridine rings is 1. The minimum atomic E-state index is -0.473. The Kier molecular flexibility index (Phi) is 1.48. The van der Waals surface area contributed by atoms with Crippen LogP contribution in [0.3, 0.4) is 0 Å². The van der Waals surface area contributed by atoms with Gasteiger partial charge < -0.3 is 0 Å². The van der Waals surface area contributed by atoms with Gasteiger partial charge in [0.2, 0.25) is 0 Å². The first kappa shape index (κ1) is 7.66. The van der Waals surface area contributed by atoms with Gasteiger partial charge in [0.25, 0.3) is 5.69 Å². The van der Waals surface area contributed by atoms with Crippen molar-refractivity contribution >= 4 is 16.7 Å². The lowest BCUT2D eigenvalue weighted by atomic mass is 10.3. The molecule has 0 fully saturated rings. The summed E-state index contributed by atoms with van der Waals surface area (Å²) in [4.78, 5) is 13.8. The fraction of sp³-hybridized carbons (Fsp3) is 0.143. The molecule has 0 aliphatic carbocycles. The van der Waals surface area contributed by atoms with Crippen LogP contribution in [0.25, 0.3) is 11.0 Å². The summed E-state index contributed by atoms with van der Waals surface area (Å²) in [6, 6.07) is 1.46. The summed E-state index contributed by atoms with van der Waals surface area (Å²) in [7, 11) is 0. The van der Waals surface area contributed by atoms with Crippen molar-refractivity contribution in [2.75, 3.05) is 0 Å². The Labute approximate surface area is 72.7 Å². The molecule has 6 nitrogen and oxygen atoms in total. The number of aromatic amines is 1. The molecule has 0 spiro atoms. The number of rotatable bonds is 1. The highest BCUT2D eigenvalue weighted by molar-refractivity contribution is 5.79. The second-order valence-corrected chi connectivity index (χ2v) is 2.67. The number of H-pyrrole nitrogens is 1. The molecule has 0 bridgehead atoms. The molecule has 6 heteroatoms. The molecule has 2 rings (SSSR count). The van der Waals surface area contributed by atoms with Crippen LogP contribution in [-0.2, 0) is 0 Å². The van der Waals surface area contributed by atoms with E-state index in [9.17, 15) is 10.1 Å². The molecule has 0 aromatic carbocycles. The number of nitrogens with zero attached hydrogens (tertiary/aromatic N) is 3. The van der Waals surface area contributed by atoms with Crippen molar-refractivity contribution < 1.29 is 4.92 Å². The van der Waals surface area contributed by atoms with Gasteiger partial charge in [0, 0.05) is 17.1 Å². The van der Waals surface area contributed by atoms with E-state index in [4.69, 9.17) is 0 Å². The zero-order valence-corrected chi connectivity index (χ0v) is 6.81. The number of nitro groups is 1. The third kappa shape index (κ3) is 1.12. The summed E-state index contributed by atoms with van der Waals surface area (Å²) in [6.45, 7) is 1.79. The summed E-state index contributed by atoms with van der Waals surface area (Å²) in [6.07, 6.45) is 1.20. The molecular weight excluding hydrogens is 172 g/mol. The van der Waals surface area contributed by atoms with E-state index in [0.717, 1.165) is 5.69 Å². The molecule has 0 aliphatic heterocycles. The highest BCUT2D eigenvalue weighted by atomic mass is 16.6. The smallest absolute Gasteiger partial charge is 0.280 e. The SMILES string of the molecule is Cc1[nH]nc2ncc([N+](=O)[O-])cc12. The lowest BCUT2D eigenvalue weighted by molar-refractivity contribution is -0.385. The Balaban J connectivity index is 2.72. The van der Waals surface area contributed by atoms with Crippen molar-refractivity contribution in [2.24, 2.45) is 0 Å². The molecular formula is C7H6N4O2. The second-order valence-electron chi connectivity index (χ2n) is 2.67. The fourth-order valence-electron chi connectivity index (χ4n) is 1.11. The van der Waals surface area contributed by atoms with Crippen molar-refractivity contribution in [3.05, 3.63) is 28.1 Å². The van der Waals surface area contributed by atoms with Crippen LogP contribution in [0.4, 0.5) is 5.69 Å². The molecule has 0 unspecified atom stereocenters. The maximum Gasteiger partial charge on any atom is 0.288 e. The van der Waals surface area contributed by atoms with Crippen molar-refractivity contribution in [1.29, 1.82) is 0 Å². The van der Waals surface area contributed by atoms with Crippen LogP contribution < -0.4 is 0 Å². The Morgan fingerprint density at radius 2 is 2.38 bits per heavy atom. The molecule has 66 valence electrons. The van der Waals surface area contributed by atoms with Crippen LogP contribution in [0.1, 0.15) is 5.69 Å². The van der Waals surface area contributed by atoms with E-state index in [1.165, 1.54) is 12.3 Å². The third-order valence-electron chi connectivity index (χ3n) is 1.80. The van der Waals surface area contributed by atoms with Crippen LogP contribution in [0, 0.1) is 17.0 Å². The van der Waals surface area contributed by atoms with Crippen LogP contribution in [-0.4, -0.2) is 20.1 Å². The first-order chi connectivity index (χ1) is 6.18. The first-order valence-corrected chi connectivity index (χ1v) is 3.63. The highest BCUT2D eigenvalue weighted by Gasteiger charge is 2.10. The lowest BCUT2D eigenvalue weighted by Crippen LogP contribution is -1.88. The van der Waals surface area contributed by atoms with E-state index in [-0.39, 0.29) is 5.69 Å². The number of fused-ring (bicyclic) bond motifs is 1. The molecule has 0 aliphatic rings. The highest BCUT2D eigenvalue weighted by Crippen LogP contribution is 2.18. The summed E-state index contributed by atoms with van der Waals surface area (Å²) < 4.78 is 0. The average molecular weight is 178 g/mol. The van der Waals surface area contributed by atoms with Crippen LogP contribution >= 0.6 is 0 Å². The number of aromatic nitrogens is 3. The van der Waals surface area contributed by atoms with Gasteiger partial charge in [-0.05, 0) is 6.92 Å². The van der Waals surface area contributed by atoms with Gasteiger partial charge in [0.05, 0.1) is 4.92 Å². The van der Waals surface area contributed by atoms with E-state index in [2.05, 4.69) is 15.2 Å². The standard InChI is InChI=1S/C7H6N4O2/c1-4-6-2-5(11(12)13)3-8-7(6)10-9-4/h2-3H,1H3,(H,8,9,10). The molecule has 0 saturated heterocycles. The Morgan fingerprint density at radius 3 is 3.08 bits per heavy atom. The molecule has 2 aromatic rings. The molecule has 2 aromatic heterocycles. The van der Waals surface area contributed by atoms with Crippen molar-refractivity contribution in [2.45, 2.75) is 6.92 Å². The van der Waals surface area contributed by atoms with E-state index in [1.807, 2.05) is 0 Å². The van der Waals surface area contributed by atoms with Gasteiger partial charge in [-0.15, -0.1) is 0 Å². The average Bonchev–Trinajstić information content (AvgIpc) is 2.47. The predicted molar refractivity (Wildman–Crippen MR) is 45.3 cm³/mol. The van der Waals surface area contributed by atoms with E-state index in [1.54, 1.807) is 6.92 Å². The topological polar surface area (TPSA) is 84.7 Å². The Bertz CT molecular complexity index is 476.